The zero-order chi connectivity index (χ0) is 19.4. The van der Waals surface area contributed by atoms with Crippen LogP contribution in [0.4, 0.5) is 13.9 Å². The molecule has 0 bridgehead atoms. The molecule has 2 aromatic heterocycles. The Bertz CT molecular complexity index is 939. The van der Waals surface area contributed by atoms with Gasteiger partial charge in [-0.1, -0.05) is 25.2 Å². The molecule has 9 heteroatoms. The van der Waals surface area contributed by atoms with E-state index in [2.05, 4.69) is 34.3 Å². The number of nitrogens with zero attached hydrogens (tertiary/aromatic N) is 3. The highest BCUT2D eigenvalue weighted by atomic mass is 32.1. The van der Waals surface area contributed by atoms with Crippen molar-refractivity contribution in [1.29, 1.82) is 0 Å². The molecule has 3 aromatic rings. The molecule has 142 valence electrons. The molecule has 1 N–H and O–H groups in total. The maximum Gasteiger partial charge on any atom is 0.226 e. The minimum Gasteiger partial charge on any atom is -0.441 e. The zero-order valence-electron chi connectivity index (χ0n) is 14.8. The molecule has 0 unspecified atom stereocenters. The Kier molecular flexibility index (Phi) is 5.90. The molecule has 0 radical (unpaired) electrons. The fourth-order valence-corrected chi connectivity index (χ4v) is 3.35. The van der Waals surface area contributed by atoms with E-state index in [9.17, 15) is 13.6 Å². The van der Waals surface area contributed by atoms with Crippen molar-refractivity contribution in [2.45, 2.75) is 33.1 Å². The average molecular weight is 392 g/mol. The van der Waals surface area contributed by atoms with E-state index < -0.39 is 11.6 Å². The van der Waals surface area contributed by atoms with Crippen molar-refractivity contribution < 1.29 is 18.0 Å². The summed E-state index contributed by atoms with van der Waals surface area (Å²) in [5, 5.41) is 12.0. The number of oxazole rings is 1. The van der Waals surface area contributed by atoms with Crippen molar-refractivity contribution in [3.05, 3.63) is 46.9 Å². The number of halogens is 2. The van der Waals surface area contributed by atoms with Crippen LogP contribution in [0.1, 0.15) is 31.2 Å². The van der Waals surface area contributed by atoms with Crippen LogP contribution in [0.2, 0.25) is 0 Å². The molecule has 2 heterocycles. The summed E-state index contributed by atoms with van der Waals surface area (Å²) in [7, 11) is 0. The molecule has 0 saturated heterocycles. The lowest BCUT2D eigenvalue weighted by Crippen LogP contribution is -2.12. The topological polar surface area (TPSA) is 80.9 Å². The lowest BCUT2D eigenvalue weighted by molar-refractivity contribution is -0.116. The Morgan fingerprint density at radius 1 is 1.30 bits per heavy atom. The van der Waals surface area contributed by atoms with Crippen molar-refractivity contribution in [3.8, 4) is 11.3 Å². The van der Waals surface area contributed by atoms with Crippen molar-refractivity contribution >= 4 is 22.4 Å². The third kappa shape index (κ3) is 5.16. The lowest BCUT2D eigenvalue weighted by Gasteiger charge is -2.00. The Labute approximate surface area is 158 Å². The first-order valence-electron chi connectivity index (χ1n) is 8.43. The van der Waals surface area contributed by atoms with Crippen molar-refractivity contribution in [3.63, 3.8) is 0 Å². The minimum atomic E-state index is -0.732. The number of hydrogen-bond acceptors (Lipinski definition) is 6. The fourth-order valence-electron chi connectivity index (χ4n) is 2.38. The Morgan fingerprint density at radius 2 is 2.11 bits per heavy atom. The van der Waals surface area contributed by atoms with E-state index in [1.807, 2.05) is 0 Å². The van der Waals surface area contributed by atoms with Crippen LogP contribution in [0.3, 0.4) is 0 Å². The number of amides is 1. The number of aryl methyl sites for hydroxylation is 1. The molecular formula is C18H18F2N4O2S. The number of carbonyl (C=O) groups is 1. The van der Waals surface area contributed by atoms with Gasteiger partial charge in [-0.05, 0) is 18.1 Å². The van der Waals surface area contributed by atoms with Gasteiger partial charge in [-0.15, -0.1) is 10.2 Å². The maximum atomic E-state index is 13.8. The number of nitrogens with one attached hydrogen (secondary N) is 1. The monoisotopic (exact) mass is 392 g/mol. The first-order chi connectivity index (χ1) is 12.9. The van der Waals surface area contributed by atoms with Gasteiger partial charge in [-0.3, -0.25) is 4.79 Å². The predicted molar refractivity (Wildman–Crippen MR) is 97.3 cm³/mol. The highest BCUT2D eigenvalue weighted by Gasteiger charge is 2.14. The van der Waals surface area contributed by atoms with E-state index in [1.54, 1.807) is 0 Å². The molecule has 0 aliphatic carbocycles. The van der Waals surface area contributed by atoms with Gasteiger partial charge in [-0.25, -0.2) is 13.8 Å². The molecule has 1 aromatic carbocycles. The number of hydrogen-bond donors (Lipinski definition) is 1. The molecule has 0 atom stereocenters. The number of aromatic nitrogens is 3. The van der Waals surface area contributed by atoms with E-state index in [0.29, 0.717) is 16.9 Å². The van der Waals surface area contributed by atoms with Crippen LogP contribution in [0.25, 0.3) is 11.3 Å². The lowest BCUT2D eigenvalue weighted by atomic mass is 10.1. The van der Waals surface area contributed by atoms with E-state index in [-0.39, 0.29) is 30.1 Å². The molecule has 1 amide bonds. The fraction of sp³-hybridized carbons (Fsp3) is 0.333. The largest absolute Gasteiger partial charge is 0.441 e. The van der Waals surface area contributed by atoms with Crippen molar-refractivity contribution in [1.82, 2.24) is 15.2 Å². The summed E-state index contributed by atoms with van der Waals surface area (Å²) in [5.41, 5.74) is 0.117. The van der Waals surface area contributed by atoms with Gasteiger partial charge in [-0.2, -0.15) is 0 Å². The Hall–Kier alpha value is -2.68. The third-order valence-corrected chi connectivity index (χ3v) is 4.47. The number of carbonyl (C=O) groups excluding carboxylic acids is 1. The number of rotatable bonds is 7. The van der Waals surface area contributed by atoms with Gasteiger partial charge in [0.25, 0.3) is 0 Å². The van der Waals surface area contributed by atoms with Crippen LogP contribution in [-0.4, -0.2) is 21.1 Å². The molecule has 27 heavy (non-hydrogen) atoms. The van der Waals surface area contributed by atoms with E-state index >= 15 is 0 Å². The summed E-state index contributed by atoms with van der Waals surface area (Å²) < 4.78 is 32.2. The summed E-state index contributed by atoms with van der Waals surface area (Å²) in [5.74, 6) is -0.696. The van der Waals surface area contributed by atoms with Crippen LogP contribution < -0.4 is 5.32 Å². The van der Waals surface area contributed by atoms with E-state index in [1.165, 1.54) is 23.6 Å². The van der Waals surface area contributed by atoms with Crippen molar-refractivity contribution in [2.24, 2.45) is 5.92 Å². The molecule has 0 aliphatic heterocycles. The highest BCUT2D eigenvalue weighted by molar-refractivity contribution is 7.15. The summed E-state index contributed by atoms with van der Waals surface area (Å²) >= 11 is 1.35. The van der Waals surface area contributed by atoms with E-state index in [4.69, 9.17) is 4.42 Å². The average Bonchev–Trinajstić information content (AvgIpc) is 3.22. The first-order valence-corrected chi connectivity index (χ1v) is 9.24. The molecule has 0 fully saturated rings. The number of anilines is 1. The van der Waals surface area contributed by atoms with Crippen LogP contribution in [0.5, 0.6) is 0 Å². The van der Waals surface area contributed by atoms with Crippen LogP contribution in [0, 0.1) is 17.6 Å². The number of benzene rings is 1. The minimum absolute atomic E-state index is 0.117. The van der Waals surface area contributed by atoms with Gasteiger partial charge in [0.15, 0.2) is 11.7 Å². The third-order valence-electron chi connectivity index (χ3n) is 3.61. The van der Waals surface area contributed by atoms with Gasteiger partial charge in [0.05, 0.1) is 11.8 Å². The molecular weight excluding hydrogens is 374 g/mol. The van der Waals surface area contributed by atoms with Gasteiger partial charge in [0.2, 0.25) is 11.0 Å². The predicted octanol–water partition coefficient (Wildman–Crippen LogP) is 4.24. The first kappa shape index (κ1) is 19.1. The molecule has 3 rings (SSSR count). The summed E-state index contributed by atoms with van der Waals surface area (Å²) in [6.07, 6.45) is 2.54. The van der Waals surface area contributed by atoms with Crippen LogP contribution >= 0.6 is 11.3 Å². The molecule has 0 spiro atoms. The second kappa shape index (κ2) is 8.34. The smallest absolute Gasteiger partial charge is 0.226 e. The van der Waals surface area contributed by atoms with Crippen molar-refractivity contribution in [2.75, 3.05) is 5.32 Å². The Balaban J connectivity index is 1.55. The van der Waals surface area contributed by atoms with Gasteiger partial charge in [0, 0.05) is 25.3 Å². The van der Waals surface area contributed by atoms with E-state index in [0.717, 1.165) is 23.6 Å². The maximum absolute atomic E-state index is 13.8. The second-order valence-corrected chi connectivity index (χ2v) is 7.45. The van der Waals surface area contributed by atoms with Gasteiger partial charge < -0.3 is 9.73 Å². The standard InChI is InChI=1S/C18H18F2N4O2S/c1-10(2)7-17-23-24-18(27-17)22-15(25)5-6-16-21-9-14(26-16)12-4-3-11(19)8-13(12)20/h3-4,8-10H,5-7H2,1-2H3,(H,22,24,25). The SMILES string of the molecule is CC(C)Cc1nnc(NC(=O)CCc2ncc(-c3ccc(F)cc3F)o2)s1. The summed E-state index contributed by atoms with van der Waals surface area (Å²) in [6, 6.07) is 3.20. The highest BCUT2D eigenvalue weighted by Crippen LogP contribution is 2.25. The van der Waals surface area contributed by atoms with Gasteiger partial charge >= 0.3 is 0 Å². The molecule has 0 aliphatic rings. The van der Waals surface area contributed by atoms with Gasteiger partial charge in [0.1, 0.15) is 16.6 Å². The molecule has 0 saturated carbocycles. The van der Waals surface area contributed by atoms with Crippen LogP contribution in [-0.2, 0) is 17.6 Å². The Morgan fingerprint density at radius 3 is 2.85 bits per heavy atom. The quantitative estimate of drug-likeness (QED) is 0.650. The zero-order valence-corrected chi connectivity index (χ0v) is 15.6. The van der Waals surface area contributed by atoms with Crippen LogP contribution in [0.15, 0.2) is 28.8 Å². The molecule has 6 nitrogen and oxygen atoms in total. The summed E-state index contributed by atoms with van der Waals surface area (Å²) in [4.78, 5) is 16.1. The second-order valence-electron chi connectivity index (χ2n) is 6.39. The normalized spacial score (nSPS) is 11.1. The summed E-state index contributed by atoms with van der Waals surface area (Å²) in [6.45, 7) is 4.17.